The van der Waals surface area contributed by atoms with Gasteiger partial charge < -0.3 is 10.6 Å². The molecule has 4 nitrogen and oxygen atoms in total. The van der Waals surface area contributed by atoms with E-state index in [1.807, 2.05) is 0 Å². The Balaban J connectivity index is 1.98. The van der Waals surface area contributed by atoms with E-state index in [-0.39, 0.29) is 0 Å². The highest BCUT2D eigenvalue weighted by Gasteiger charge is 2.41. The minimum Gasteiger partial charge on any atom is -0.367 e. The van der Waals surface area contributed by atoms with Crippen LogP contribution in [0.3, 0.4) is 0 Å². The van der Waals surface area contributed by atoms with E-state index in [0.29, 0.717) is 17.2 Å². The van der Waals surface area contributed by atoms with Crippen LogP contribution in [-0.4, -0.2) is 23.6 Å². The first kappa shape index (κ1) is 12.1. The third-order valence-electron chi connectivity index (χ3n) is 3.34. The van der Waals surface area contributed by atoms with Crippen molar-refractivity contribution in [3.8, 4) is 0 Å². The Kier molecular flexibility index (Phi) is 3.45. The fraction of sp³-hybridized carbons (Fsp3) is 0.667. The van der Waals surface area contributed by atoms with Crippen LogP contribution in [0, 0.1) is 11.2 Å². The van der Waals surface area contributed by atoms with E-state index in [9.17, 15) is 4.39 Å². The van der Waals surface area contributed by atoms with Gasteiger partial charge in [0.25, 0.3) is 0 Å². The van der Waals surface area contributed by atoms with Crippen molar-refractivity contribution in [1.29, 1.82) is 0 Å². The lowest BCUT2D eigenvalue weighted by molar-refractivity contribution is 0.483. The minimum atomic E-state index is -0.392. The average molecular weight is 238 g/mol. The molecular formula is C12H19FN4. The number of nitrogens with one attached hydrogen (secondary N) is 2. The lowest BCUT2D eigenvalue weighted by atomic mass is 10.0. The monoisotopic (exact) mass is 238 g/mol. The van der Waals surface area contributed by atoms with Crippen molar-refractivity contribution < 1.29 is 4.39 Å². The van der Waals surface area contributed by atoms with Gasteiger partial charge in [0, 0.05) is 13.6 Å². The highest BCUT2D eigenvalue weighted by Crippen LogP contribution is 2.49. The van der Waals surface area contributed by atoms with E-state index < -0.39 is 5.82 Å². The Hall–Kier alpha value is -1.39. The van der Waals surface area contributed by atoms with Gasteiger partial charge in [0.05, 0.1) is 6.20 Å². The molecule has 0 spiro atoms. The van der Waals surface area contributed by atoms with Crippen LogP contribution in [0.15, 0.2) is 6.20 Å². The first-order valence-electron chi connectivity index (χ1n) is 6.13. The Bertz CT molecular complexity index is 390. The van der Waals surface area contributed by atoms with E-state index in [1.54, 1.807) is 7.05 Å². The van der Waals surface area contributed by atoms with Crippen LogP contribution in [0.4, 0.5) is 16.2 Å². The molecule has 0 radical (unpaired) electrons. The molecular weight excluding hydrogens is 219 g/mol. The zero-order valence-electron chi connectivity index (χ0n) is 10.4. The smallest absolute Gasteiger partial charge is 0.224 e. The van der Waals surface area contributed by atoms with Crippen LogP contribution in [0.2, 0.25) is 0 Å². The summed E-state index contributed by atoms with van der Waals surface area (Å²) in [5.74, 6) is 0.345. The lowest BCUT2D eigenvalue weighted by Crippen LogP contribution is -2.17. The number of hydrogen-bond acceptors (Lipinski definition) is 4. The summed E-state index contributed by atoms with van der Waals surface area (Å²) < 4.78 is 13.5. The second-order valence-corrected chi connectivity index (χ2v) is 4.74. The number of nitrogens with zero attached hydrogens (tertiary/aromatic N) is 2. The summed E-state index contributed by atoms with van der Waals surface area (Å²) in [6.45, 7) is 2.99. The van der Waals surface area contributed by atoms with Gasteiger partial charge in [-0.1, -0.05) is 13.3 Å². The van der Waals surface area contributed by atoms with Crippen LogP contribution in [0.1, 0.15) is 32.6 Å². The molecule has 1 aliphatic rings. The molecule has 1 fully saturated rings. The van der Waals surface area contributed by atoms with Crippen molar-refractivity contribution in [3.63, 3.8) is 0 Å². The van der Waals surface area contributed by atoms with E-state index in [4.69, 9.17) is 0 Å². The van der Waals surface area contributed by atoms with Crippen molar-refractivity contribution in [2.75, 3.05) is 24.2 Å². The average Bonchev–Trinajstić information content (AvgIpc) is 3.09. The maximum Gasteiger partial charge on any atom is 0.224 e. The molecule has 17 heavy (non-hydrogen) atoms. The Morgan fingerprint density at radius 1 is 1.47 bits per heavy atom. The summed E-state index contributed by atoms with van der Waals surface area (Å²) in [6, 6.07) is 0. The summed E-state index contributed by atoms with van der Waals surface area (Å²) in [4.78, 5) is 7.89. The molecule has 0 amide bonds. The predicted molar refractivity (Wildman–Crippen MR) is 66.6 cm³/mol. The van der Waals surface area contributed by atoms with Crippen LogP contribution >= 0.6 is 0 Å². The van der Waals surface area contributed by atoms with Gasteiger partial charge in [-0.3, -0.25) is 0 Å². The molecule has 5 heteroatoms. The van der Waals surface area contributed by atoms with Gasteiger partial charge in [-0.05, 0) is 24.7 Å². The van der Waals surface area contributed by atoms with Gasteiger partial charge in [0.1, 0.15) is 0 Å². The molecule has 94 valence electrons. The fourth-order valence-corrected chi connectivity index (χ4v) is 2.11. The normalized spacial score (nSPS) is 16.6. The summed E-state index contributed by atoms with van der Waals surface area (Å²) in [5.41, 5.74) is 0.381. The number of rotatable bonds is 6. The van der Waals surface area contributed by atoms with Crippen LogP contribution in [0.5, 0.6) is 0 Å². The number of halogens is 1. The molecule has 2 N–H and O–H groups in total. The molecule has 1 heterocycles. The molecule has 0 atom stereocenters. The molecule has 0 unspecified atom stereocenters. The van der Waals surface area contributed by atoms with Gasteiger partial charge in [0.15, 0.2) is 11.6 Å². The molecule has 1 saturated carbocycles. The molecule has 0 saturated heterocycles. The number of anilines is 2. The predicted octanol–water partition coefficient (Wildman–Crippen LogP) is 2.65. The molecule has 1 aliphatic carbocycles. The molecule has 1 aromatic rings. The first-order valence-corrected chi connectivity index (χ1v) is 6.13. The molecule has 0 aromatic carbocycles. The van der Waals surface area contributed by atoms with Crippen molar-refractivity contribution in [3.05, 3.63) is 12.0 Å². The SMILES string of the molecule is CCCC1(CNc2nc(NC)ncc2F)CC1. The maximum atomic E-state index is 13.5. The van der Waals surface area contributed by atoms with Gasteiger partial charge >= 0.3 is 0 Å². The number of aromatic nitrogens is 2. The Morgan fingerprint density at radius 2 is 2.24 bits per heavy atom. The zero-order chi connectivity index (χ0) is 12.3. The topological polar surface area (TPSA) is 49.8 Å². The molecule has 0 aliphatic heterocycles. The second kappa shape index (κ2) is 4.85. The van der Waals surface area contributed by atoms with E-state index >= 15 is 0 Å². The minimum absolute atomic E-state index is 0.298. The zero-order valence-corrected chi connectivity index (χ0v) is 10.4. The first-order chi connectivity index (χ1) is 8.19. The van der Waals surface area contributed by atoms with Gasteiger partial charge in [-0.2, -0.15) is 4.98 Å². The van der Waals surface area contributed by atoms with Gasteiger partial charge in [0.2, 0.25) is 5.95 Å². The Labute approximate surface area is 101 Å². The molecule has 1 aromatic heterocycles. The van der Waals surface area contributed by atoms with Crippen molar-refractivity contribution in [2.45, 2.75) is 32.6 Å². The Morgan fingerprint density at radius 3 is 2.82 bits per heavy atom. The highest BCUT2D eigenvalue weighted by molar-refractivity contribution is 5.41. The summed E-state index contributed by atoms with van der Waals surface area (Å²) in [6.07, 6.45) is 6.04. The van der Waals surface area contributed by atoms with Crippen LogP contribution in [-0.2, 0) is 0 Å². The lowest BCUT2D eigenvalue weighted by Gasteiger charge is -2.15. The van der Waals surface area contributed by atoms with Crippen molar-refractivity contribution >= 4 is 11.8 Å². The molecule has 2 rings (SSSR count). The van der Waals surface area contributed by atoms with E-state index in [0.717, 1.165) is 6.54 Å². The second-order valence-electron chi connectivity index (χ2n) is 4.74. The van der Waals surface area contributed by atoms with Crippen LogP contribution < -0.4 is 10.6 Å². The van der Waals surface area contributed by atoms with E-state index in [1.165, 1.54) is 31.9 Å². The van der Waals surface area contributed by atoms with Crippen LogP contribution in [0.25, 0.3) is 0 Å². The summed E-state index contributed by atoms with van der Waals surface area (Å²) in [5, 5.41) is 5.91. The van der Waals surface area contributed by atoms with Crippen molar-refractivity contribution in [2.24, 2.45) is 5.41 Å². The standard InChI is InChI=1S/C12H19FN4/c1-3-4-12(5-6-12)8-16-10-9(13)7-15-11(14-2)17-10/h7H,3-6,8H2,1-2H3,(H2,14,15,16,17). The maximum absolute atomic E-state index is 13.5. The summed E-state index contributed by atoms with van der Waals surface area (Å²) >= 11 is 0. The van der Waals surface area contributed by atoms with Crippen molar-refractivity contribution in [1.82, 2.24) is 9.97 Å². The fourth-order valence-electron chi connectivity index (χ4n) is 2.11. The van der Waals surface area contributed by atoms with Gasteiger partial charge in [-0.25, -0.2) is 9.37 Å². The van der Waals surface area contributed by atoms with E-state index in [2.05, 4.69) is 27.5 Å². The largest absolute Gasteiger partial charge is 0.367 e. The number of hydrogen-bond donors (Lipinski definition) is 2. The third kappa shape index (κ3) is 2.84. The van der Waals surface area contributed by atoms with Gasteiger partial charge in [-0.15, -0.1) is 0 Å². The summed E-state index contributed by atoms with van der Waals surface area (Å²) in [7, 11) is 1.72. The molecule has 0 bridgehead atoms. The highest BCUT2D eigenvalue weighted by atomic mass is 19.1. The third-order valence-corrected chi connectivity index (χ3v) is 3.34. The quantitative estimate of drug-likeness (QED) is 0.800.